The molecule has 2 aromatic rings. The first-order valence-electron chi connectivity index (χ1n) is 8.09. The number of anilines is 1. The molecule has 124 valence electrons. The molecule has 0 atom stereocenters. The van der Waals surface area contributed by atoms with E-state index in [2.05, 4.69) is 20.4 Å². The second-order valence-corrected chi connectivity index (χ2v) is 6.85. The summed E-state index contributed by atoms with van der Waals surface area (Å²) in [5.74, 6) is 1.12. The molecule has 0 N–H and O–H groups in total. The van der Waals surface area contributed by atoms with Gasteiger partial charge >= 0.3 is 6.09 Å². The number of hydrogen-bond acceptors (Lipinski definition) is 4. The SMILES string of the molecule is CC(C)(C)OC(=O)N1CCCN(c2cccc3nccn23)CC1. The second-order valence-electron chi connectivity index (χ2n) is 6.85. The zero-order chi connectivity index (χ0) is 16.4. The van der Waals surface area contributed by atoms with Crippen LogP contribution in [0.2, 0.25) is 0 Å². The summed E-state index contributed by atoms with van der Waals surface area (Å²) in [5, 5.41) is 0. The Bertz CT molecular complexity index is 689. The first kappa shape index (κ1) is 15.6. The quantitative estimate of drug-likeness (QED) is 0.812. The predicted octanol–water partition coefficient (Wildman–Crippen LogP) is 2.78. The molecule has 0 radical (unpaired) electrons. The van der Waals surface area contributed by atoms with E-state index in [4.69, 9.17) is 4.74 Å². The van der Waals surface area contributed by atoms with Crippen molar-refractivity contribution in [2.45, 2.75) is 32.8 Å². The van der Waals surface area contributed by atoms with Crippen LogP contribution in [0.25, 0.3) is 5.65 Å². The topological polar surface area (TPSA) is 50.1 Å². The average Bonchev–Trinajstić information content (AvgIpc) is 2.81. The number of aromatic nitrogens is 2. The Labute approximate surface area is 136 Å². The fraction of sp³-hybridized carbons (Fsp3) is 0.529. The van der Waals surface area contributed by atoms with E-state index < -0.39 is 5.60 Å². The average molecular weight is 316 g/mol. The largest absolute Gasteiger partial charge is 0.444 e. The molecule has 0 saturated carbocycles. The van der Waals surface area contributed by atoms with E-state index >= 15 is 0 Å². The summed E-state index contributed by atoms with van der Waals surface area (Å²) in [5.41, 5.74) is 0.488. The number of imidazole rings is 1. The van der Waals surface area contributed by atoms with Gasteiger partial charge in [-0.2, -0.15) is 0 Å². The highest BCUT2D eigenvalue weighted by molar-refractivity contribution is 5.68. The molecule has 6 nitrogen and oxygen atoms in total. The van der Waals surface area contributed by atoms with Crippen LogP contribution in [-0.4, -0.2) is 52.2 Å². The zero-order valence-electron chi connectivity index (χ0n) is 14.0. The van der Waals surface area contributed by atoms with Crippen molar-refractivity contribution in [1.82, 2.24) is 14.3 Å². The minimum atomic E-state index is -0.453. The van der Waals surface area contributed by atoms with Gasteiger partial charge < -0.3 is 14.5 Å². The van der Waals surface area contributed by atoms with Gasteiger partial charge in [0.1, 0.15) is 17.1 Å². The molecular weight excluding hydrogens is 292 g/mol. The van der Waals surface area contributed by atoms with Gasteiger partial charge in [-0.25, -0.2) is 9.78 Å². The summed E-state index contributed by atoms with van der Waals surface area (Å²) >= 11 is 0. The molecule has 3 rings (SSSR count). The van der Waals surface area contributed by atoms with Crippen LogP contribution in [0.3, 0.4) is 0 Å². The summed E-state index contributed by atoms with van der Waals surface area (Å²) < 4.78 is 7.57. The molecule has 0 bridgehead atoms. The first-order valence-corrected chi connectivity index (χ1v) is 8.09. The number of rotatable bonds is 1. The van der Waals surface area contributed by atoms with E-state index in [0.717, 1.165) is 37.5 Å². The van der Waals surface area contributed by atoms with Crippen LogP contribution in [0.15, 0.2) is 30.6 Å². The fourth-order valence-corrected chi connectivity index (χ4v) is 2.85. The van der Waals surface area contributed by atoms with E-state index in [1.165, 1.54) is 0 Å². The van der Waals surface area contributed by atoms with Crippen LogP contribution >= 0.6 is 0 Å². The number of amides is 1. The first-order chi connectivity index (χ1) is 10.9. The van der Waals surface area contributed by atoms with Gasteiger partial charge in [0.15, 0.2) is 0 Å². The van der Waals surface area contributed by atoms with Crippen LogP contribution in [0.4, 0.5) is 10.6 Å². The van der Waals surface area contributed by atoms with Crippen molar-refractivity contribution < 1.29 is 9.53 Å². The number of carbonyl (C=O) groups excluding carboxylic acids is 1. The van der Waals surface area contributed by atoms with E-state index in [9.17, 15) is 4.79 Å². The van der Waals surface area contributed by atoms with Crippen molar-refractivity contribution in [2.24, 2.45) is 0 Å². The Kier molecular flexibility index (Phi) is 4.15. The minimum absolute atomic E-state index is 0.222. The van der Waals surface area contributed by atoms with Gasteiger partial charge in [0, 0.05) is 38.6 Å². The van der Waals surface area contributed by atoms with Gasteiger partial charge in [0.2, 0.25) is 0 Å². The Morgan fingerprint density at radius 3 is 2.78 bits per heavy atom. The van der Waals surface area contributed by atoms with Crippen LogP contribution in [0, 0.1) is 0 Å². The molecule has 3 heterocycles. The van der Waals surface area contributed by atoms with Gasteiger partial charge in [-0.05, 0) is 39.3 Å². The highest BCUT2D eigenvalue weighted by Crippen LogP contribution is 2.19. The van der Waals surface area contributed by atoms with Crippen molar-refractivity contribution >= 4 is 17.6 Å². The molecule has 0 unspecified atom stereocenters. The summed E-state index contributed by atoms with van der Waals surface area (Å²) in [4.78, 5) is 20.7. The second kappa shape index (κ2) is 6.10. The molecule has 6 heteroatoms. The molecule has 0 aliphatic carbocycles. The standard InChI is InChI=1S/C17H24N4O2/c1-17(2,3)23-16(22)20-10-5-9-19(12-13-20)15-7-4-6-14-18-8-11-21(14)15/h4,6-8,11H,5,9-10,12-13H2,1-3H3. The van der Waals surface area contributed by atoms with Crippen molar-refractivity contribution in [3.8, 4) is 0 Å². The summed E-state index contributed by atoms with van der Waals surface area (Å²) in [6.07, 6.45) is 4.48. The molecule has 0 spiro atoms. The number of pyridine rings is 1. The maximum absolute atomic E-state index is 12.3. The molecule has 1 aliphatic heterocycles. The zero-order valence-corrected chi connectivity index (χ0v) is 14.0. The highest BCUT2D eigenvalue weighted by atomic mass is 16.6. The van der Waals surface area contributed by atoms with Crippen LogP contribution in [0.1, 0.15) is 27.2 Å². The fourth-order valence-electron chi connectivity index (χ4n) is 2.85. The Morgan fingerprint density at radius 2 is 2.00 bits per heavy atom. The van der Waals surface area contributed by atoms with Crippen molar-refractivity contribution in [3.63, 3.8) is 0 Å². The van der Waals surface area contributed by atoms with Gasteiger partial charge in [-0.15, -0.1) is 0 Å². The van der Waals surface area contributed by atoms with Gasteiger partial charge in [-0.3, -0.25) is 4.40 Å². The molecule has 1 saturated heterocycles. The Hall–Kier alpha value is -2.24. The third-order valence-corrected chi connectivity index (χ3v) is 3.88. The third kappa shape index (κ3) is 3.57. The smallest absolute Gasteiger partial charge is 0.410 e. The van der Waals surface area contributed by atoms with Gasteiger partial charge in [0.25, 0.3) is 0 Å². The maximum atomic E-state index is 12.3. The molecule has 0 aromatic carbocycles. The summed E-state index contributed by atoms with van der Waals surface area (Å²) in [6.45, 7) is 8.79. The molecule has 1 amide bonds. The van der Waals surface area contributed by atoms with E-state index in [-0.39, 0.29) is 6.09 Å². The van der Waals surface area contributed by atoms with Gasteiger partial charge in [-0.1, -0.05) is 6.07 Å². The highest BCUT2D eigenvalue weighted by Gasteiger charge is 2.25. The molecule has 1 aliphatic rings. The Morgan fingerprint density at radius 1 is 1.17 bits per heavy atom. The third-order valence-electron chi connectivity index (χ3n) is 3.88. The number of nitrogens with zero attached hydrogens (tertiary/aromatic N) is 4. The lowest BCUT2D eigenvalue weighted by Crippen LogP contribution is -2.39. The van der Waals surface area contributed by atoms with E-state index in [1.807, 2.05) is 45.3 Å². The normalized spacial score (nSPS) is 16.5. The van der Waals surface area contributed by atoms with Crippen molar-refractivity contribution in [1.29, 1.82) is 0 Å². The molecule has 23 heavy (non-hydrogen) atoms. The lowest BCUT2D eigenvalue weighted by Gasteiger charge is -2.27. The Balaban J connectivity index is 1.71. The van der Waals surface area contributed by atoms with Crippen LogP contribution in [-0.2, 0) is 4.74 Å². The van der Waals surface area contributed by atoms with Crippen molar-refractivity contribution in [2.75, 3.05) is 31.1 Å². The number of hydrogen-bond donors (Lipinski definition) is 0. The summed E-state index contributed by atoms with van der Waals surface area (Å²) in [7, 11) is 0. The number of ether oxygens (including phenoxy) is 1. The number of carbonyl (C=O) groups is 1. The lowest BCUT2D eigenvalue weighted by atomic mass is 10.2. The van der Waals surface area contributed by atoms with Crippen LogP contribution in [0.5, 0.6) is 0 Å². The summed E-state index contributed by atoms with van der Waals surface area (Å²) in [6, 6.07) is 6.11. The van der Waals surface area contributed by atoms with E-state index in [0.29, 0.717) is 6.54 Å². The monoisotopic (exact) mass is 316 g/mol. The maximum Gasteiger partial charge on any atom is 0.410 e. The van der Waals surface area contributed by atoms with E-state index in [1.54, 1.807) is 4.90 Å². The van der Waals surface area contributed by atoms with Crippen LogP contribution < -0.4 is 4.90 Å². The predicted molar refractivity (Wildman–Crippen MR) is 89.8 cm³/mol. The minimum Gasteiger partial charge on any atom is -0.444 e. The molecular formula is C17H24N4O2. The molecule has 2 aromatic heterocycles. The lowest BCUT2D eigenvalue weighted by molar-refractivity contribution is 0.0263. The molecule has 1 fully saturated rings. The van der Waals surface area contributed by atoms with Gasteiger partial charge in [0.05, 0.1) is 0 Å². The van der Waals surface area contributed by atoms with Crippen molar-refractivity contribution in [3.05, 3.63) is 30.6 Å². The number of fused-ring (bicyclic) bond motifs is 1.